The first kappa shape index (κ1) is 21.3. The van der Waals surface area contributed by atoms with Crippen LogP contribution in [0.15, 0.2) is 47.1 Å². The molecule has 6 nitrogen and oxygen atoms in total. The smallest absolute Gasteiger partial charge is 0.218 e. The van der Waals surface area contributed by atoms with Crippen LogP contribution in [0.4, 0.5) is 0 Å². The Kier molecular flexibility index (Phi) is 6.41. The maximum Gasteiger partial charge on any atom is 0.218 e. The number of carbonyl (C=O) groups excluding carboxylic acids is 1. The van der Waals surface area contributed by atoms with E-state index < -0.39 is 6.10 Å². The number of halogens is 1. The van der Waals surface area contributed by atoms with Crippen LogP contribution >= 0.6 is 15.9 Å². The topological polar surface area (TPSA) is 83.5 Å². The molecule has 0 bridgehead atoms. The first-order valence-electron chi connectivity index (χ1n) is 10.5. The molecule has 2 aliphatic rings. The van der Waals surface area contributed by atoms with Gasteiger partial charge in [-0.15, -0.1) is 0 Å². The average Bonchev–Trinajstić information content (AvgIpc) is 2.70. The number of amides is 1. The third kappa shape index (κ3) is 4.85. The molecule has 1 spiro atoms. The van der Waals surface area contributed by atoms with Crippen LogP contribution in [0, 0.1) is 0 Å². The number of aliphatic hydroxyl groups is 1. The van der Waals surface area contributed by atoms with Crippen LogP contribution in [-0.2, 0) is 11.2 Å². The van der Waals surface area contributed by atoms with Gasteiger partial charge in [0.1, 0.15) is 5.60 Å². The van der Waals surface area contributed by atoms with Gasteiger partial charge in [0.15, 0.2) is 0 Å². The van der Waals surface area contributed by atoms with Crippen LogP contribution in [0.1, 0.15) is 49.8 Å². The number of ether oxygens (including phenoxy) is 1. The lowest BCUT2D eigenvalue weighted by Crippen LogP contribution is -2.52. The molecule has 3 atom stereocenters. The van der Waals surface area contributed by atoms with Crippen molar-refractivity contribution in [1.29, 1.82) is 0 Å². The van der Waals surface area contributed by atoms with E-state index in [0.29, 0.717) is 18.8 Å². The van der Waals surface area contributed by atoms with Gasteiger partial charge in [0.05, 0.1) is 12.1 Å². The zero-order chi connectivity index (χ0) is 21.1. The summed E-state index contributed by atoms with van der Waals surface area (Å²) in [5, 5.41) is 17.4. The fourth-order valence-corrected chi connectivity index (χ4v) is 4.73. The second kappa shape index (κ2) is 9.04. The number of aromatic nitrogens is 1. The number of hydrogen-bond donors (Lipinski definition) is 3. The summed E-state index contributed by atoms with van der Waals surface area (Å²) in [5.41, 5.74) is 1.94. The van der Waals surface area contributed by atoms with Gasteiger partial charge in [-0.1, -0.05) is 30.3 Å². The van der Waals surface area contributed by atoms with Crippen LogP contribution in [-0.4, -0.2) is 40.3 Å². The number of pyridine rings is 1. The summed E-state index contributed by atoms with van der Waals surface area (Å²) in [6, 6.07) is 11.6. The molecule has 0 unspecified atom stereocenters. The molecule has 1 aromatic heterocycles. The van der Waals surface area contributed by atoms with E-state index in [1.54, 1.807) is 6.20 Å². The van der Waals surface area contributed by atoms with Crippen molar-refractivity contribution in [1.82, 2.24) is 15.6 Å². The van der Waals surface area contributed by atoms with Gasteiger partial charge >= 0.3 is 0 Å². The molecule has 1 aliphatic carbocycles. The summed E-state index contributed by atoms with van der Waals surface area (Å²) < 4.78 is 7.14. The van der Waals surface area contributed by atoms with Crippen molar-refractivity contribution < 1.29 is 14.6 Å². The van der Waals surface area contributed by atoms with Gasteiger partial charge in [-0.05, 0) is 53.2 Å². The zero-order valence-corrected chi connectivity index (χ0v) is 18.7. The van der Waals surface area contributed by atoms with Gasteiger partial charge in [-0.25, -0.2) is 4.98 Å². The first-order chi connectivity index (χ1) is 14.4. The Morgan fingerprint density at radius 2 is 2.13 bits per heavy atom. The molecule has 1 aliphatic heterocycles. The molecule has 1 fully saturated rings. The van der Waals surface area contributed by atoms with E-state index in [-0.39, 0.29) is 23.6 Å². The molecule has 3 N–H and O–H groups in total. The van der Waals surface area contributed by atoms with Gasteiger partial charge in [-0.2, -0.15) is 0 Å². The summed E-state index contributed by atoms with van der Waals surface area (Å²) in [5.74, 6) is 0.534. The molecule has 0 saturated heterocycles. The Morgan fingerprint density at radius 1 is 1.37 bits per heavy atom. The highest BCUT2D eigenvalue weighted by Crippen LogP contribution is 2.48. The van der Waals surface area contributed by atoms with E-state index in [9.17, 15) is 9.90 Å². The highest BCUT2D eigenvalue weighted by molar-refractivity contribution is 9.10. The van der Waals surface area contributed by atoms with E-state index in [2.05, 4.69) is 31.5 Å². The molecular weight excluding hydrogens is 446 g/mol. The van der Waals surface area contributed by atoms with Crippen molar-refractivity contribution in [3.8, 4) is 5.88 Å². The fraction of sp³-hybridized carbons (Fsp3) is 0.478. The Bertz CT molecular complexity index is 889. The van der Waals surface area contributed by atoms with Crippen LogP contribution in [0.25, 0.3) is 0 Å². The van der Waals surface area contributed by atoms with Gasteiger partial charge < -0.3 is 20.5 Å². The van der Waals surface area contributed by atoms with Crippen molar-refractivity contribution in [2.24, 2.45) is 0 Å². The summed E-state index contributed by atoms with van der Waals surface area (Å²) in [7, 11) is 0. The number of rotatable bonds is 7. The number of fused-ring (bicyclic) bond motifs is 1. The van der Waals surface area contributed by atoms with Crippen LogP contribution in [0.3, 0.4) is 0 Å². The van der Waals surface area contributed by atoms with Crippen molar-refractivity contribution in [3.05, 3.63) is 58.2 Å². The fourth-order valence-electron chi connectivity index (χ4n) is 4.38. The van der Waals surface area contributed by atoms with Gasteiger partial charge in [0.2, 0.25) is 11.8 Å². The van der Waals surface area contributed by atoms with E-state index in [1.165, 1.54) is 13.3 Å². The minimum absolute atomic E-state index is 0.0448. The SMILES string of the molecule is CC(=O)N[C@@H](Cc1ccccc1)[C@H](O)CN[C@@H]1CC2(CCC2)Oc2ncc(Br)cc21. The lowest BCUT2D eigenvalue weighted by molar-refractivity contribution is -0.120. The summed E-state index contributed by atoms with van der Waals surface area (Å²) >= 11 is 3.50. The number of hydrogen-bond acceptors (Lipinski definition) is 5. The third-order valence-electron chi connectivity index (χ3n) is 6.10. The molecule has 1 saturated carbocycles. The molecule has 0 radical (unpaired) electrons. The predicted octanol–water partition coefficient (Wildman–Crippen LogP) is 3.29. The molecule has 4 rings (SSSR count). The average molecular weight is 474 g/mol. The zero-order valence-electron chi connectivity index (χ0n) is 17.1. The van der Waals surface area contributed by atoms with Crippen LogP contribution < -0.4 is 15.4 Å². The minimum atomic E-state index is -0.724. The molecule has 30 heavy (non-hydrogen) atoms. The van der Waals surface area contributed by atoms with Crippen molar-refractivity contribution in [2.75, 3.05) is 6.54 Å². The van der Waals surface area contributed by atoms with Crippen molar-refractivity contribution in [3.63, 3.8) is 0 Å². The van der Waals surface area contributed by atoms with Crippen molar-refractivity contribution in [2.45, 2.75) is 62.8 Å². The summed E-state index contributed by atoms with van der Waals surface area (Å²) in [6.45, 7) is 1.85. The number of carbonyl (C=O) groups is 1. The van der Waals surface area contributed by atoms with Gasteiger partial charge in [0.25, 0.3) is 0 Å². The molecule has 2 heterocycles. The number of aliphatic hydroxyl groups excluding tert-OH is 1. The lowest BCUT2D eigenvalue weighted by atomic mass is 9.73. The molecule has 7 heteroatoms. The highest BCUT2D eigenvalue weighted by Gasteiger charge is 2.46. The Labute approximate surface area is 185 Å². The van der Waals surface area contributed by atoms with Gasteiger partial charge in [0, 0.05) is 42.2 Å². The Hall–Kier alpha value is -1.96. The largest absolute Gasteiger partial charge is 0.471 e. The third-order valence-corrected chi connectivity index (χ3v) is 6.53. The predicted molar refractivity (Wildman–Crippen MR) is 118 cm³/mol. The highest BCUT2D eigenvalue weighted by atomic mass is 79.9. The maximum absolute atomic E-state index is 11.7. The van der Waals surface area contributed by atoms with E-state index >= 15 is 0 Å². The molecule has 1 amide bonds. The normalized spacial score (nSPS) is 21.1. The number of nitrogens with zero attached hydrogens (tertiary/aromatic N) is 1. The summed E-state index contributed by atoms with van der Waals surface area (Å²) in [4.78, 5) is 16.2. The minimum Gasteiger partial charge on any atom is -0.471 e. The number of nitrogens with one attached hydrogen (secondary N) is 2. The lowest BCUT2D eigenvalue weighted by Gasteiger charge is -2.47. The van der Waals surface area contributed by atoms with E-state index in [4.69, 9.17) is 4.74 Å². The standard InChI is InChI=1S/C23H28BrN3O3/c1-15(28)27-19(10-16-6-3-2-4-7-16)21(29)14-25-20-12-23(8-5-9-23)30-22-18(20)11-17(24)13-26-22/h2-4,6-7,11,13,19-21,25,29H,5,8-10,12,14H2,1H3,(H,27,28)/t19-,20+,21+/m0/s1. The first-order valence-corrected chi connectivity index (χ1v) is 11.3. The molecular formula is C23H28BrN3O3. The Morgan fingerprint density at radius 3 is 2.80 bits per heavy atom. The van der Waals surface area contributed by atoms with E-state index in [1.807, 2.05) is 36.4 Å². The van der Waals surface area contributed by atoms with E-state index in [0.717, 1.165) is 34.9 Å². The second-order valence-electron chi connectivity index (χ2n) is 8.42. The Balaban J connectivity index is 1.46. The van der Waals surface area contributed by atoms with Gasteiger partial charge in [-0.3, -0.25) is 4.79 Å². The monoisotopic (exact) mass is 473 g/mol. The quantitative estimate of drug-likeness (QED) is 0.574. The van der Waals surface area contributed by atoms with Crippen LogP contribution in [0.5, 0.6) is 5.88 Å². The maximum atomic E-state index is 11.7. The summed E-state index contributed by atoms with van der Waals surface area (Å²) in [6.07, 6.45) is 5.70. The van der Waals surface area contributed by atoms with Crippen LogP contribution in [0.2, 0.25) is 0 Å². The van der Waals surface area contributed by atoms with Crippen molar-refractivity contribution >= 4 is 21.8 Å². The molecule has 1 aromatic carbocycles. The molecule has 2 aromatic rings. The number of benzene rings is 1. The second-order valence-corrected chi connectivity index (χ2v) is 9.33. The molecule has 160 valence electrons.